The Balaban J connectivity index is 1.92. The predicted octanol–water partition coefficient (Wildman–Crippen LogP) is 1.61. The summed E-state index contributed by atoms with van der Waals surface area (Å²) in [5.41, 5.74) is 2.58. The van der Waals surface area contributed by atoms with Gasteiger partial charge in [0.15, 0.2) is 0 Å². The van der Waals surface area contributed by atoms with E-state index in [0.717, 1.165) is 16.8 Å². The number of amides is 1. The number of nitrogens with zero attached hydrogens (tertiary/aromatic N) is 3. The van der Waals surface area contributed by atoms with E-state index in [0.29, 0.717) is 6.54 Å². The molecule has 6 nitrogen and oxygen atoms in total. The number of aliphatic carboxylic acids is 1. The van der Waals surface area contributed by atoms with Gasteiger partial charge in [0, 0.05) is 19.3 Å². The van der Waals surface area contributed by atoms with Gasteiger partial charge in [-0.15, -0.1) is 0 Å². The van der Waals surface area contributed by atoms with Crippen molar-refractivity contribution in [3.63, 3.8) is 0 Å². The van der Waals surface area contributed by atoms with Crippen molar-refractivity contribution in [3.05, 3.63) is 59.2 Å². The molecular formula is C16H15N3O3. The molecule has 6 heteroatoms. The molecule has 1 amide bonds. The lowest BCUT2D eigenvalue weighted by molar-refractivity contribution is -0.139. The summed E-state index contributed by atoms with van der Waals surface area (Å²) in [7, 11) is 0. The van der Waals surface area contributed by atoms with Gasteiger partial charge < -0.3 is 10.0 Å². The normalized spacial score (nSPS) is 17.0. The first-order valence-corrected chi connectivity index (χ1v) is 6.95. The van der Waals surface area contributed by atoms with Crippen molar-refractivity contribution in [2.75, 3.05) is 6.54 Å². The van der Waals surface area contributed by atoms with Crippen LogP contribution in [0.1, 0.15) is 33.2 Å². The van der Waals surface area contributed by atoms with Gasteiger partial charge in [0.2, 0.25) is 0 Å². The molecule has 0 radical (unpaired) electrons. The van der Waals surface area contributed by atoms with E-state index in [-0.39, 0.29) is 18.1 Å². The van der Waals surface area contributed by atoms with Crippen LogP contribution in [0.4, 0.5) is 0 Å². The first kappa shape index (κ1) is 14.2. The fourth-order valence-corrected chi connectivity index (χ4v) is 2.64. The number of rotatable bonds is 2. The van der Waals surface area contributed by atoms with Gasteiger partial charge >= 0.3 is 5.97 Å². The third-order valence-corrected chi connectivity index (χ3v) is 3.78. The molecule has 0 saturated carbocycles. The lowest BCUT2D eigenvalue weighted by Gasteiger charge is -2.32. The van der Waals surface area contributed by atoms with Crippen LogP contribution in [0.15, 0.2) is 36.7 Å². The van der Waals surface area contributed by atoms with Gasteiger partial charge in [-0.25, -0.2) is 4.98 Å². The molecule has 0 saturated heterocycles. The maximum Gasteiger partial charge on any atom is 0.312 e. The lowest BCUT2D eigenvalue weighted by atomic mass is 9.89. The molecule has 1 aliphatic rings. The second-order valence-electron chi connectivity index (χ2n) is 5.32. The molecule has 2 heterocycles. The predicted molar refractivity (Wildman–Crippen MR) is 78.3 cm³/mol. The number of fused-ring (bicyclic) bond motifs is 1. The Hall–Kier alpha value is -2.76. The standard InChI is InChI=1S/C16H15N3O3/c1-10-6-18-14(7-17-10)15(20)19-8-11-4-2-3-5-12(11)13(9-19)16(21)22/h2-7,13H,8-9H2,1H3,(H,21,22). The highest BCUT2D eigenvalue weighted by atomic mass is 16.4. The van der Waals surface area contributed by atoms with Crippen molar-refractivity contribution >= 4 is 11.9 Å². The van der Waals surface area contributed by atoms with Crippen LogP contribution in [0, 0.1) is 6.92 Å². The maximum atomic E-state index is 12.5. The van der Waals surface area contributed by atoms with Crippen molar-refractivity contribution in [1.82, 2.24) is 14.9 Å². The molecule has 0 aliphatic carbocycles. The number of benzene rings is 1. The molecule has 112 valence electrons. The van der Waals surface area contributed by atoms with E-state index in [4.69, 9.17) is 0 Å². The zero-order valence-corrected chi connectivity index (χ0v) is 12.1. The Morgan fingerprint density at radius 2 is 2.00 bits per heavy atom. The van der Waals surface area contributed by atoms with Gasteiger partial charge in [-0.1, -0.05) is 24.3 Å². The van der Waals surface area contributed by atoms with E-state index < -0.39 is 11.9 Å². The number of carbonyl (C=O) groups is 2. The number of carbonyl (C=O) groups excluding carboxylic acids is 1. The Bertz CT molecular complexity index is 728. The van der Waals surface area contributed by atoms with E-state index in [1.807, 2.05) is 24.3 Å². The van der Waals surface area contributed by atoms with Gasteiger partial charge in [-0.3, -0.25) is 14.6 Å². The first-order valence-electron chi connectivity index (χ1n) is 6.95. The van der Waals surface area contributed by atoms with Gasteiger partial charge in [0.05, 0.1) is 17.8 Å². The van der Waals surface area contributed by atoms with Crippen molar-refractivity contribution in [2.45, 2.75) is 19.4 Å². The third kappa shape index (κ3) is 2.55. The van der Waals surface area contributed by atoms with Crippen molar-refractivity contribution in [2.24, 2.45) is 0 Å². The highest BCUT2D eigenvalue weighted by molar-refractivity contribution is 5.93. The highest BCUT2D eigenvalue weighted by Crippen LogP contribution is 2.29. The molecule has 0 spiro atoms. The van der Waals surface area contributed by atoms with Crippen LogP contribution in [-0.4, -0.2) is 38.4 Å². The largest absolute Gasteiger partial charge is 0.481 e. The summed E-state index contributed by atoms with van der Waals surface area (Å²) in [4.78, 5) is 33.7. The van der Waals surface area contributed by atoms with Crippen molar-refractivity contribution < 1.29 is 14.7 Å². The smallest absolute Gasteiger partial charge is 0.312 e. The summed E-state index contributed by atoms with van der Waals surface area (Å²) in [6.45, 7) is 2.31. The summed E-state index contributed by atoms with van der Waals surface area (Å²) in [5, 5.41) is 9.43. The minimum absolute atomic E-state index is 0.140. The van der Waals surface area contributed by atoms with Crippen molar-refractivity contribution in [3.8, 4) is 0 Å². The Kier molecular flexibility index (Phi) is 3.58. The molecule has 1 unspecified atom stereocenters. The van der Waals surface area contributed by atoms with Gasteiger partial charge in [-0.2, -0.15) is 0 Å². The number of aromatic nitrogens is 2. The second kappa shape index (κ2) is 5.55. The van der Waals surface area contributed by atoms with Crippen LogP contribution in [0.2, 0.25) is 0 Å². The van der Waals surface area contributed by atoms with E-state index in [2.05, 4.69) is 9.97 Å². The molecule has 1 atom stereocenters. The Morgan fingerprint density at radius 3 is 2.68 bits per heavy atom. The molecule has 2 aromatic rings. The minimum atomic E-state index is -0.931. The zero-order chi connectivity index (χ0) is 15.7. The topological polar surface area (TPSA) is 83.4 Å². The molecule has 22 heavy (non-hydrogen) atoms. The summed E-state index contributed by atoms with van der Waals surface area (Å²) < 4.78 is 0. The first-order chi connectivity index (χ1) is 10.6. The number of hydrogen-bond acceptors (Lipinski definition) is 4. The maximum absolute atomic E-state index is 12.5. The van der Waals surface area contributed by atoms with Gasteiger partial charge in [0.25, 0.3) is 5.91 Å². The van der Waals surface area contributed by atoms with Gasteiger partial charge in [-0.05, 0) is 18.1 Å². The van der Waals surface area contributed by atoms with Crippen LogP contribution in [-0.2, 0) is 11.3 Å². The monoisotopic (exact) mass is 297 g/mol. The molecular weight excluding hydrogens is 282 g/mol. The molecule has 1 aromatic carbocycles. The zero-order valence-electron chi connectivity index (χ0n) is 12.1. The lowest BCUT2D eigenvalue weighted by Crippen LogP contribution is -2.40. The summed E-state index contributed by atoms with van der Waals surface area (Å²) in [6, 6.07) is 7.32. The van der Waals surface area contributed by atoms with E-state index in [1.54, 1.807) is 6.92 Å². The molecule has 1 aromatic heterocycles. The van der Waals surface area contributed by atoms with Gasteiger partial charge in [0.1, 0.15) is 5.69 Å². The van der Waals surface area contributed by atoms with Crippen LogP contribution in [0.25, 0.3) is 0 Å². The van der Waals surface area contributed by atoms with Crippen LogP contribution >= 0.6 is 0 Å². The molecule has 0 bridgehead atoms. The molecule has 0 fully saturated rings. The van der Waals surface area contributed by atoms with E-state index in [1.165, 1.54) is 17.3 Å². The summed E-state index contributed by atoms with van der Waals surface area (Å²) in [5.74, 6) is -1.94. The average molecular weight is 297 g/mol. The average Bonchev–Trinajstić information content (AvgIpc) is 2.53. The molecule has 1 aliphatic heterocycles. The van der Waals surface area contributed by atoms with E-state index in [9.17, 15) is 14.7 Å². The fraction of sp³-hybridized carbons (Fsp3) is 0.250. The Morgan fingerprint density at radius 1 is 1.23 bits per heavy atom. The minimum Gasteiger partial charge on any atom is -0.481 e. The highest BCUT2D eigenvalue weighted by Gasteiger charge is 2.33. The van der Waals surface area contributed by atoms with Crippen LogP contribution < -0.4 is 0 Å². The van der Waals surface area contributed by atoms with Crippen molar-refractivity contribution in [1.29, 1.82) is 0 Å². The SMILES string of the molecule is Cc1cnc(C(=O)N2Cc3ccccc3C(C(=O)O)C2)cn1. The Labute approximate surface area is 127 Å². The van der Waals surface area contributed by atoms with E-state index >= 15 is 0 Å². The molecule has 3 rings (SSSR count). The summed E-state index contributed by atoms with van der Waals surface area (Å²) in [6.07, 6.45) is 2.95. The molecule has 1 N–H and O–H groups in total. The quantitative estimate of drug-likeness (QED) is 0.910. The number of hydrogen-bond donors (Lipinski definition) is 1. The third-order valence-electron chi connectivity index (χ3n) is 3.78. The number of carboxylic acid groups (broad SMARTS) is 1. The number of carboxylic acids is 1. The van der Waals surface area contributed by atoms with Crippen LogP contribution in [0.5, 0.6) is 0 Å². The van der Waals surface area contributed by atoms with Crippen LogP contribution in [0.3, 0.4) is 0 Å². The summed E-state index contributed by atoms with van der Waals surface area (Å²) >= 11 is 0. The number of aryl methyl sites for hydroxylation is 1. The second-order valence-corrected chi connectivity index (χ2v) is 5.32. The fourth-order valence-electron chi connectivity index (χ4n) is 2.64.